The average Bonchev–Trinajstić information content (AvgIpc) is 3.00. The summed E-state index contributed by atoms with van der Waals surface area (Å²) in [6.45, 7) is 3.85. The maximum absolute atomic E-state index is 4.89. The Morgan fingerprint density at radius 1 is 1.00 bits per heavy atom. The van der Waals surface area contributed by atoms with Crippen LogP contribution in [-0.2, 0) is 12.8 Å². The predicted molar refractivity (Wildman–Crippen MR) is 101 cm³/mol. The zero-order valence-corrected chi connectivity index (χ0v) is 14.9. The van der Waals surface area contributed by atoms with Crippen LogP contribution in [-0.4, -0.2) is 41.1 Å². The Labute approximate surface area is 154 Å². The van der Waals surface area contributed by atoms with Crippen molar-refractivity contribution >= 4 is 30.6 Å². The Kier molecular flexibility index (Phi) is 6.54. The van der Waals surface area contributed by atoms with Crippen molar-refractivity contribution in [2.24, 2.45) is 0 Å². The highest BCUT2D eigenvalue weighted by Crippen LogP contribution is 2.27. The standard InChI is InChI=1S/C17H19N5.2ClH/c1-2-11-22(10-1)17-14-5-8-18-9-6-15(14)20-16(21-17)13-4-3-7-19-12-13;;/h1-4,7,12,18H,5-6,8-11H2;2*1H. The molecule has 2 aromatic heterocycles. The number of nitrogens with zero attached hydrogens (tertiary/aromatic N) is 4. The molecule has 0 saturated carbocycles. The van der Waals surface area contributed by atoms with Gasteiger partial charge in [-0.05, 0) is 25.1 Å². The van der Waals surface area contributed by atoms with Gasteiger partial charge in [0.2, 0.25) is 0 Å². The summed E-state index contributed by atoms with van der Waals surface area (Å²) in [6, 6.07) is 3.96. The first-order chi connectivity index (χ1) is 10.9. The van der Waals surface area contributed by atoms with Crippen LogP contribution < -0.4 is 10.2 Å². The average molecular weight is 366 g/mol. The lowest BCUT2D eigenvalue weighted by atomic mass is 10.1. The van der Waals surface area contributed by atoms with E-state index in [9.17, 15) is 0 Å². The van der Waals surface area contributed by atoms with E-state index in [4.69, 9.17) is 9.97 Å². The van der Waals surface area contributed by atoms with Crippen molar-refractivity contribution in [3.05, 3.63) is 47.9 Å². The second-order valence-corrected chi connectivity index (χ2v) is 5.66. The Balaban J connectivity index is 0.00000104. The number of nitrogens with one attached hydrogen (secondary N) is 1. The van der Waals surface area contributed by atoms with Crippen molar-refractivity contribution in [1.29, 1.82) is 0 Å². The fraction of sp³-hybridized carbons (Fsp3) is 0.353. The molecule has 0 bridgehead atoms. The van der Waals surface area contributed by atoms with E-state index in [0.717, 1.165) is 56.2 Å². The molecule has 0 atom stereocenters. The molecule has 0 fully saturated rings. The molecule has 2 aliphatic rings. The van der Waals surface area contributed by atoms with E-state index in [2.05, 4.69) is 27.4 Å². The summed E-state index contributed by atoms with van der Waals surface area (Å²) in [5, 5.41) is 3.46. The van der Waals surface area contributed by atoms with Crippen molar-refractivity contribution in [3.63, 3.8) is 0 Å². The van der Waals surface area contributed by atoms with Crippen LogP contribution in [0.25, 0.3) is 11.4 Å². The fourth-order valence-corrected chi connectivity index (χ4v) is 3.06. The van der Waals surface area contributed by atoms with Crippen molar-refractivity contribution in [1.82, 2.24) is 20.3 Å². The highest BCUT2D eigenvalue weighted by Gasteiger charge is 2.21. The molecule has 0 spiro atoms. The lowest BCUT2D eigenvalue weighted by Gasteiger charge is -2.22. The third-order valence-corrected chi connectivity index (χ3v) is 4.20. The quantitative estimate of drug-likeness (QED) is 0.828. The number of fused-ring (bicyclic) bond motifs is 1. The fourth-order valence-electron chi connectivity index (χ4n) is 3.06. The predicted octanol–water partition coefficient (Wildman–Crippen LogP) is 2.45. The molecule has 0 saturated heterocycles. The first-order valence-corrected chi connectivity index (χ1v) is 7.82. The summed E-state index contributed by atoms with van der Waals surface area (Å²) in [7, 11) is 0. The maximum Gasteiger partial charge on any atom is 0.163 e. The van der Waals surface area contributed by atoms with Gasteiger partial charge in [-0.2, -0.15) is 0 Å². The molecule has 2 aliphatic heterocycles. The van der Waals surface area contributed by atoms with E-state index in [-0.39, 0.29) is 24.8 Å². The molecule has 24 heavy (non-hydrogen) atoms. The van der Waals surface area contributed by atoms with E-state index < -0.39 is 0 Å². The van der Waals surface area contributed by atoms with Gasteiger partial charge < -0.3 is 10.2 Å². The first-order valence-electron chi connectivity index (χ1n) is 7.82. The summed E-state index contributed by atoms with van der Waals surface area (Å²) in [5.41, 5.74) is 3.47. The summed E-state index contributed by atoms with van der Waals surface area (Å²) in [5.74, 6) is 1.88. The van der Waals surface area contributed by atoms with Crippen LogP contribution >= 0.6 is 24.8 Å². The molecule has 0 amide bonds. The molecule has 5 nitrogen and oxygen atoms in total. The van der Waals surface area contributed by atoms with Gasteiger partial charge >= 0.3 is 0 Å². The van der Waals surface area contributed by atoms with E-state index in [0.29, 0.717) is 0 Å². The Morgan fingerprint density at radius 3 is 2.54 bits per heavy atom. The Hall–Kier alpha value is -1.69. The van der Waals surface area contributed by atoms with Gasteiger partial charge in [-0.3, -0.25) is 4.98 Å². The second kappa shape index (κ2) is 8.42. The minimum absolute atomic E-state index is 0. The molecule has 0 aromatic carbocycles. The SMILES string of the molecule is C1=CCN(c2nc(-c3cccnc3)nc3c2CCNCC3)C1.Cl.Cl. The molecule has 7 heteroatoms. The van der Waals surface area contributed by atoms with Crippen LogP contribution in [0, 0.1) is 0 Å². The van der Waals surface area contributed by atoms with E-state index in [1.165, 1.54) is 11.3 Å². The molecule has 0 aliphatic carbocycles. The van der Waals surface area contributed by atoms with Crippen LogP contribution in [0.1, 0.15) is 11.3 Å². The zero-order chi connectivity index (χ0) is 14.8. The molecule has 0 radical (unpaired) electrons. The third-order valence-electron chi connectivity index (χ3n) is 4.20. The van der Waals surface area contributed by atoms with Crippen LogP contribution in [0.15, 0.2) is 36.7 Å². The third kappa shape index (κ3) is 3.69. The van der Waals surface area contributed by atoms with Crippen LogP contribution in [0.4, 0.5) is 5.82 Å². The normalized spacial score (nSPS) is 15.9. The lowest BCUT2D eigenvalue weighted by Crippen LogP contribution is -2.23. The highest BCUT2D eigenvalue weighted by molar-refractivity contribution is 5.85. The second-order valence-electron chi connectivity index (χ2n) is 5.66. The molecule has 4 heterocycles. The van der Waals surface area contributed by atoms with Gasteiger partial charge in [-0.15, -0.1) is 24.8 Å². The monoisotopic (exact) mass is 365 g/mol. The zero-order valence-electron chi connectivity index (χ0n) is 13.3. The molecule has 128 valence electrons. The number of pyridine rings is 1. The van der Waals surface area contributed by atoms with Crippen molar-refractivity contribution in [3.8, 4) is 11.4 Å². The molecule has 1 N–H and O–H groups in total. The van der Waals surface area contributed by atoms with Crippen molar-refractivity contribution < 1.29 is 0 Å². The number of halogens is 2. The van der Waals surface area contributed by atoms with E-state index in [1.807, 2.05) is 18.3 Å². The molecular formula is C17H21Cl2N5. The molecular weight excluding hydrogens is 345 g/mol. The lowest BCUT2D eigenvalue weighted by molar-refractivity contribution is 0.708. The minimum atomic E-state index is 0. The molecule has 0 unspecified atom stereocenters. The van der Waals surface area contributed by atoms with Gasteiger partial charge in [0.1, 0.15) is 5.82 Å². The Bertz CT molecular complexity index is 698. The Morgan fingerprint density at radius 2 is 1.79 bits per heavy atom. The van der Waals surface area contributed by atoms with E-state index in [1.54, 1.807) is 6.20 Å². The largest absolute Gasteiger partial charge is 0.349 e. The number of rotatable bonds is 2. The van der Waals surface area contributed by atoms with Gasteiger partial charge in [0.25, 0.3) is 0 Å². The molecule has 2 aromatic rings. The van der Waals surface area contributed by atoms with E-state index >= 15 is 0 Å². The number of hydrogen-bond donors (Lipinski definition) is 1. The maximum atomic E-state index is 4.89. The van der Waals surface area contributed by atoms with Crippen molar-refractivity contribution in [2.45, 2.75) is 12.8 Å². The minimum Gasteiger partial charge on any atom is -0.349 e. The van der Waals surface area contributed by atoms with Crippen LogP contribution in [0.2, 0.25) is 0 Å². The summed E-state index contributed by atoms with van der Waals surface area (Å²) in [6.07, 6.45) is 9.97. The van der Waals surface area contributed by atoms with Gasteiger partial charge in [0.05, 0.1) is 5.69 Å². The van der Waals surface area contributed by atoms with Gasteiger partial charge in [-0.25, -0.2) is 9.97 Å². The summed E-state index contributed by atoms with van der Waals surface area (Å²) in [4.78, 5) is 16.3. The summed E-state index contributed by atoms with van der Waals surface area (Å²) >= 11 is 0. The first kappa shape index (κ1) is 18.6. The highest BCUT2D eigenvalue weighted by atomic mass is 35.5. The molecule has 4 rings (SSSR count). The number of aromatic nitrogens is 3. The van der Waals surface area contributed by atoms with Crippen LogP contribution in [0.3, 0.4) is 0 Å². The van der Waals surface area contributed by atoms with Crippen LogP contribution in [0.5, 0.6) is 0 Å². The van der Waals surface area contributed by atoms with Gasteiger partial charge in [0.15, 0.2) is 5.82 Å². The van der Waals surface area contributed by atoms with Gasteiger partial charge in [-0.1, -0.05) is 12.2 Å². The van der Waals surface area contributed by atoms with Crippen molar-refractivity contribution in [2.75, 3.05) is 31.1 Å². The number of hydrogen-bond acceptors (Lipinski definition) is 5. The summed E-state index contributed by atoms with van der Waals surface area (Å²) < 4.78 is 0. The number of anilines is 1. The smallest absolute Gasteiger partial charge is 0.163 e. The van der Waals surface area contributed by atoms with Gasteiger partial charge in [0, 0.05) is 49.6 Å². The topological polar surface area (TPSA) is 53.9 Å².